The Balaban J connectivity index is 2.09. The Hall–Kier alpha value is -0.860. The second-order valence-corrected chi connectivity index (χ2v) is 4.50. The maximum Gasteiger partial charge on any atom is 0.0844 e. The molecule has 2 nitrogen and oxygen atoms in total. The molecule has 1 aliphatic heterocycles. The molecular formula is C13H19NO. The molecule has 15 heavy (non-hydrogen) atoms. The summed E-state index contributed by atoms with van der Waals surface area (Å²) < 4.78 is 5.92. The van der Waals surface area contributed by atoms with Crippen LogP contribution in [0.3, 0.4) is 0 Å². The fourth-order valence-electron chi connectivity index (χ4n) is 2.11. The topological polar surface area (TPSA) is 21.3 Å². The van der Waals surface area contributed by atoms with Crippen molar-refractivity contribution in [2.75, 3.05) is 13.2 Å². The molecular weight excluding hydrogens is 186 g/mol. The SMILES string of the molecule is CC1NCCOC1(C)Cc1ccccc1. The molecule has 0 aromatic heterocycles. The molecule has 1 saturated heterocycles. The number of hydrogen-bond acceptors (Lipinski definition) is 2. The fraction of sp³-hybridized carbons (Fsp3) is 0.538. The smallest absolute Gasteiger partial charge is 0.0844 e. The molecule has 82 valence electrons. The lowest BCUT2D eigenvalue weighted by Crippen LogP contribution is -2.55. The van der Waals surface area contributed by atoms with Gasteiger partial charge in [-0.1, -0.05) is 30.3 Å². The molecule has 0 radical (unpaired) electrons. The van der Waals surface area contributed by atoms with Crippen molar-refractivity contribution in [3.8, 4) is 0 Å². The summed E-state index contributed by atoms with van der Waals surface area (Å²) in [6.07, 6.45) is 0.974. The summed E-state index contributed by atoms with van der Waals surface area (Å²) in [5.41, 5.74) is 1.27. The van der Waals surface area contributed by atoms with E-state index in [0.717, 1.165) is 19.6 Å². The molecule has 2 heteroatoms. The van der Waals surface area contributed by atoms with E-state index in [0.29, 0.717) is 6.04 Å². The molecule has 2 atom stereocenters. The molecule has 0 bridgehead atoms. The molecule has 2 unspecified atom stereocenters. The van der Waals surface area contributed by atoms with E-state index in [9.17, 15) is 0 Å². The van der Waals surface area contributed by atoms with Crippen LogP contribution in [-0.4, -0.2) is 24.8 Å². The standard InChI is InChI=1S/C13H19NO/c1-11-13(2,15-9-8-14-11)10-12-6-4-3-5-7-12/h3-7,11,14H,8-10H2,1-2H3. The zero-order valence-electron chi connectivity index (χ0n) is 9.49. The number of rotatable bonds is 2. The summed E-state index contributed by atoms with van der Waals surface area (Å²) in [5, 5.41) is 3.47. The zero-order valence-corrected chi connectivity index (χ0v) is 9.49. The van der Waals surface area contributed by atoms with Crippen molar-refractivity contribution in [3.63, 3.8) is 0 Å². The maximum absolute atomic E-state index is 5.92. The maximum atomic E-state index is 5.92. The molecule has 0 aliphatic carbocycles. The quantitative estimate of drug-likeness (QED) is 0.797. The molecule has 1 aromatic carbocycles. The first-order valence-electron chi connectivity index (χ1n) is 5.62. The third-order valence-corrected chi connectivity index (χ3v) is 3.30. The Morgan fingerprint density at radius 3 is 2.80 bits per heavy atom. The third kappa shape index (κ3) is 2.39. The van der Waals surface area contributed by atoms with E-state index < -0.39 is 0 Å². The van der Waals surface area contributed by atoms with Crippen molar-refractivity contribution in [1.29, 1.82) is 0 Å². The zero-order chi connectivity index (χ0) is 10.7. The van der Waals surface area contributed by atoms with Gasteiger partial charge < -0.3 is 10.1 Å². The number of benzene rings is 1. The van der Waals surface area contributed by atoms with Gasteiger partial charge in [0.25, 0.3) is 0 Å². The minimum Gasteiger partial charge on any atom is -0.372 e. The van der Waals surface area contributed by atoms with Crippen molar-refractivity contribution >= 4 is 0 Å². The lowest BCUT2D eigenvalue weighted by atomic mass is 9.88. The molecule has 1 aromatic rings. The van der Waals surface area contributed by atoms with E-state index in [2.05, 4.69) is 49.5 Å². The second-order valence-electron chi connectivity index (χ2n) is 4.50. The van der Waals surface area contributed by atoms with Crippen LogP contribution in [0.4, 0.5) is 0 Å². The Kier molecular flexibility index (Phi) is 3.08. The van der Waals surface area contributed by atoms with Gasteiger partial charge in [0, 0.05) is 19.0 Å². The molecule has 0 spiro atoms. The van der Waals surface area contributed by atoms with Gasteiger partial charge in [0.15, 0.2) is 0 Å². The van der Waals surface area contributed by atoms with Gasteiger partial charge in [-0.15, -0.1) is 0 Å². The molecule has 1 aliphatic rings. The van der Waals surface area contributed by atoms with Crippen LogP contribution in [0.1, 0.15) is 19.4 Å². The number of morpholine rings is 1. The van der Waals surface area contributed by atoms with E-state index in [4.69, 9.17) is 4.74 Å². The van der Waals surface area contributed by atoms with Gasteiger partial charge in [0.1, 0.15) is 0 Å². The first-order chi connectivity index (χ1) is 7.21. The van der Waals surface area contributed by atoms with Gasteiger partial charge in [-0.05, 0) is 19.4 Å². The van der Waals surface area contributed by atoms with Crippen molar-refractivity contribution in [3.05, 3.63) is 35.9 Å². The highest BCUT2D eigenvalue weighted by atomic mass is 16.5. The average molecular weight is 205 g/mol. The number of hydrogen-bond donors (Lipinski definition) is 1. The number of ether oxygens (including phenoxy) is 1. The summed E-state index contributed by atoms with van der Waals surface area (Å²) in [6.45, 7) is 6.16. The molecule has 0 saturated carbocycles. The van der Waals surface area contributed by atoms with E-state index in [1.807, 2.05) is 0 Å². The van der Waals surface area contributed by atoms with Crippen molar-refractivity contribution in [2.24, 2.45) is 0 Å². The normalized spacial score (nSPS) is 31.5. The molecule has 0 amide bonds. The molecule has 1 N–H and O–H groups in total. The van der Waals surface area contributed by atoms with Gasteiger partial charge in [0.05, 0.1) is 12.2 Å². The van der Waals surface area contributed by atoms with Gasteiger partial charge in [-0.2, -0.15) is 0 Å². The van der Waals surface area contributed by atoms with Gasteiger partial charge in [-0.3, -0.25) is 0 Å². The molecule has 2 rings (SSSR count). The molecule has 1 heterocycles. The first kappa shape index (κ1) is 10.7. The Morgan fingerprint density at radius 2 is 2.13 bits per heavy atom. The van der Waals surface area contributed by atoms with Crippen molar-refractivity contribution in [1.82, 2.24) is 5.32 Å². The fourth-order valence-corrected chi connectivity index (χ4v) is 2.11. The predicted molar refractivity (Wildman–Crippen MR) is 62.0 cm³/mol. The Bertz CT molecular complexity index is 312. The average Bonchev–Trinajstić information content (AvgIpc) is 2.24. The van der Waals surface area contributed by atoms with Crippen LogP contribution in [0.5, 0.6) is 0 Å². The summed E-state index contributed by atoms with van der Waals surface area (Å²) >= 11 is 0. The van der Waals surface area contributed by atoms with E-state index >= 15 is 0 Å². The minimum absolute atomic E-state index is 0.0698. The summed E-state index contributed by atoms with van der Waals surface area (Å²) in [6, 6.07) is 11.0. The Labute approximate surface area is 91.6 Å². The first-order valence-corrected chi connectivity index (χ1v) is 5.62. The van der Waals surface area contributed by atoms with E-state index in [1.165, 1.54) is 5.56 Å². The number of nitrogens with one attached hydrogen (secondary N) is 1. The van der Waals surface area contributed by atoms with E-state index in [1.54, 1.807) is 0 Å². The third-order valence-electron chi connectivity index (χ3n) is 3.30. The molecule has 1 fully saturated rings. The van der Waals surface area contributed by atoms with Crippen molar-refractivity contribution < 1.29 is 4.74 Å². The minimum atomic E-state index is -0.0698. The monoisotopic (exact) mass is 205 g/mol. The van der Waals surface area contributed by atoms with Crippen LogP contribution in [0.15, 0.2) is 30.3 Å². The van der Waals surface area contributed by atoms with Crippen LogP contribution >= 0.6 is 0 Å². The van der Waals surface area contributed by atoms with Crippen LogP contribution in [0, 0.1) is 0 Å². The van der Waals surface area contributed by atoms with Crippen LogP contribution < -0.4 is 5.32 Å². The highest BCUT2D eigenvalue weighted by Gasteiger charge is 2.34. The van der Waals surface area contributed by atoms with Gasteiger partial charge in [-0.25, -0.2) is 0 Å². The van der Waals surface area contributed by atoms with Crippen LogP contribution in [0.25, 0.3) is 0 Å². The largest absolute Gasteiger partial charge is 0.372 e. The highest BCUT2D eigenvalue weighted by molar-refractivity contribution is 5.18. The van der Waals surface area contributed by atoms with Crippen LogP contribution in [0.2, 0.25) is 0 Å². The van der Waals surface area contributed by atoms with Crippen LogP contribution in [-0.2, 0) is 11.2 Å². The lowest BCUT2D eigenvalue weighted by molar-refractivity contribution is -0.0788. The lowest BCUT2D eigenvalue weighted by Gasteiger charge is -2.40. The summed E-state index contributed by atoms with van der Waals surface area (Å²) in [5.74, 6) is 0. The Morgan fingerprint density at radius 1 is 1.40 bits per heavy atom. The van der Waals surface area contributed by atoms with E-state index in [-0.39, 0.29) is 5.60 Å². The second kappa shape index (κ2) is 4.33. The van der Waals surface area contributed by atoms with Gasteiger partial charge >= 0.3 is 0 Å². The summed E-state index contributed by atoms with van der Waals surface area (Å²) in [4.78, 5) is 0. The summed E-state index contributed by atoms with van der Waals surface area (Å²) in [7, 11) is 0. The predicted octanol–water partition coefficient (Wildman–Crippen LogP) is 2.00. The highest BCUT2D eigenvalue weighted by Crippen LogP contribution is 2.23. The van der Waals surface area contributed by atoms with Crippen molar-refractivity contribution in [2.45, 2.75) is 31.9 Å². The van der Waals surface area contributed by atoms with Gasteiger partial charge in [0.2, 0.25) is 0 Å².